The van der Waals surface area contributed by atoms with E-state index in [1.54, 1.807) is 25.9 Å². The summed E-state index contributed by atoms with van der Waals surface area (Å²) in [4.78, 5) is 14.8. The standard InChI is InChI=1S/C24H39NO6/c1-15(2)9-10-18-23(5,31-18)20-19(28-6)16(11-12-24(20)14-29-24)30-21(26)25-13-7-8-17(25)22(3,4)27/h9-10,15-20,27H,7-8,11-14H2,1-6H3/t16-,17?,18-,19-,20?,23?,24+/m1/s1. The topological polar surface area (TPSA) is 84.1 Å². The van der Waals surface area contributed by atoms with Gasteiger partial charge in [0, 0.05) is 13.7 Å². The minimum atomic E-state index is -0.956. The molecule has 7 atom stereocenters. The van der Waals surface area contributed by atoms with E-state index in [1.165, 1.54) is 0 Å². The summed E-state index contributed by atoms with van der Waals surface area (Å²) in [6, 6.07) is -0.228. The number of nitrogens with zero attached hydrogens (tertiary/aromatic N) is 1. The molecule has 4 rings (SSSR count). The van der Waals surface area contributed by atoms with Gasteiger partial charge in [0.15, 0.2) is 0 Å². The normalized spacial score (nSPS) is 42.6. The highest BCUT2D eigenvalue weighted by Crippen LogP contribution is 2.59. The number of carbonyl (C=O) groups excluding carboxylic acids is 1. The smallest absolute Gasteiger partial charge is 0.410 e. The molecule has 1 amide bonds. The summed E-state index contributed by atoms with van der Waals surface area (Å²) in [6.45, 7) is 11.2. The van der Waals surface area contributed by atoms with Crippen molar-refractivity contribution in [1.82, 2.24) is 4.90 Å². The van der Waals surface area contributed by atoms with Gasteiger partial charge in [0.05, 0.1) is 24.2 Å². The number of amides is 1. The van der Waals surface area contributed by atoms with E-state index in [-0.39, 0.29) is 42.0 Å². The van der Waals surface area contributed by atoms with Gasteiger partial charge in [-0.15, -0.1) is 0 Å². The molecule has 3 unspecified atom stereocenters. The first-order valence-corrected chi connectivity index (χ1v) is 11.7. The average molecular weight is 438 g/mol. The van der Waals surface area contributed by atoms with Crippen LogP contribution in [-0.4, -0.2) is 77.5 Å². The maximum absolute atomic E-state index is 13.1. The van der Waals surface area contributed by atoms with Gasteiger partial charge in [-0.25, -0.2) is 4.79 Å². The SMILES string of the molecule is CO[C@H]1C(C2(C)O[C@@H]2C=CC(C)C)[C@]2(CC[C@H]1OC(=O)N1CCCC1C(C)(C)O)CO2. The summed E-state index contributed by atoms with van der Waals surface area (Å²) >= 11 is 0. The fraction of sp³-hybridized carbons (Fsp3) is 0.875. The molecule has 1 N–H and O–H groups in total. The quantitative estimate of drug-likeness (QED) is 0.507. The van der Waals surface area contributed by atoms with Crippen LogP contribution >= 0.6 is 0 Å². The first kappa shape index (κ1) is 23.0. The molecule has 7 nitrogen and oxygen atoms in total. The molecule has 4 fully saturated rings. The Morgan fingerprint density at radius 2 is 2.03 bits per heavy atom. The highest BCUT2D eigenvalue weighted by molar-refractivity contribution is 5.69. The van der Waals surface area contributed by atoms with Crippen molar-refractivity contribution < 1.29 is 28.8 Å². The van der Waals surface area contributed by atoms with E-state index in [1.807, 2.05) is 0 Å². The summed E-state index contributed by atoms with van der Waals surface area (Å²) in [6.07, 6.45) is 6.48. The predicted molar refractivity (Wildman–Crippen MR) is 116 cm³/mol. The molecule has 31 heavy (non-hydrogen) atoms. The van der Waals surface area contributed by atoms with E-state index in [0.29, 0.717) is 25.5 Å². The van der Waals surface area contributed by atoms with Crippen LogP contribution in [0.2, 0.25) is 0 Å². The highest BCUT2D eigenvalue weighted by Gasteiger charge is 2.72. The van der Waals surface area contributed by atoms with Crippen LogP contribution in [0, 0.1) is 11.8 Å². The Balaban J connectivity index is 1.49. The van der Waals surface area contributed by atoms with Crippen molar-refractivity contribution in [2.24, 2.45) is 11.8 Å². The molecule has 3 saturated heterocycles. The molecule has 7 heteroatoms. The second kappa shape index (κ2) is 8.01. The molecule has 1 saturated carbocycles. The van der Waals surface area contributed by atoms with E-state index < -0.39 is 11.2 Å². The van der Waals surface area contributed by atoms with Gasteiger partial charge in [-0.3, -0.25) is 0 Å². The predicted octanol–water partition coefficient (Wildman–Crippen LogP) is 3.29. The third kappa shape index (κ3) is 4.26. The molecular weight excluding hydrogens is 398 g/mol. The first-order chi connectivity index (χ1) is 14.5. The monoisotopic (exact) mass is 437 g/mol. The lowest BCUT2D eigenvalue weighted by atomic mass is 9.68. The zero-order valence-electron chi connectivity index (χ0n) is 19.8. The van der Waals surface area contributed by atoms with Gasteiger partial charge >= 0.3 is 6.09 Å². The van der Waals surface area contributed by atoms with Gasteiger partial charge in [-0.05, 0) is 52.4 Å². The molecule has 0 aromatic rings. The molecule has 0 aromatic carbocycles. The second-order valence-electron chi connectivity index (χ2n) is 10.8. The molecular formula is C24H39NO6. The maximum atomic E-state index is 13.1. The van der Waals surface area contributed by atoms with Crippen molar-refractivity contribution >= 4 is 6.09 Å². The number of aliphatic hydroxyl groups is 1. The molecule has 0 radical (unpaired) electrons. The van der Waals surface area contributed by atoms with Crippen LogP contribution < -0.4 is 0 Å². The van der Waals surface area contributed by atoms with Crippen LogP contribution in [0.25, 0.3) is 0 Å². The molecule has 1 aliphatic carbocycles. The lowest BCUT2D eigenvalue weighted by Gasteiger charge is -2.43. The molecule has 4 aliphatic rings. The Labute approximate surface area is 186 Å². The minimum absolute atomic E-state index is 0.0120. The van der Waals surface area contributed by atoms with E-state index in [0.717, 1.165) is 19.3 Å². The van der Waals surface area contributed by atoms with Crippen molar-refractivity contribution in [1.29, 1.82) is 0 Å². The number of ether oxygens (including phenoxy) is 4. The third-order valence-corrected chi connectivity index (χ3v) is 7.63. The van der Waals surface area contributed by atoms with Gasteiger partial charge in [-0.1, -0.05) is 26.0 Å². The van der Waals surface area contributed by atoms with Crippen molar-refractivity contribution in [3.05, 3.63) is 12.2 Å². The Morgan fingerprint density at radius 3 is 2.61 bits per heavy atom. The number of likely N-dealkylation sites (tertiary alicyclic amines) is 1. The number of hydrogen-bond acceptors (Lipinski definition) is 6. The lowest BCUT2D eigenvalue weighted by molar-refractivity contribution is -0.124. The molecule has 0 bridgehead atoms. The molecule has 1 spiro atoms. The number of carbonyl (C=O) groups is 1. The van der Waals surface area contributed by atoms with Crippen LogP contribution in [0.1, 0.15) is 60.3 Å². The molecule has 0 aromatic heterocycles. The molecule has 176 valence electrons. The van der Waals surface area contributed by atoms with Crippen molar-refractivity contribution in [2.45, 2.75) is 101 Å². The Kier molecular flexibility index (Phi) is 5.95. The first-order valence-electron chi connectivity index (χ1n) is 11.7. The largest absolute Gasteiger partial charge is 0.443 e. The van der Waals surface area contributed by atoms with Crippen molar-refractivity contribution in [2.75, 3.05) is 20.3 Å². The Hall–Kier alpha value is -1.15. The second-order valence-corrected chi connectivity index (χ2v) is 10.8. The van der Waals surface area contributed by atoms with Crippen LogP contribution in [0.3, 0.4) is 0 Å². The van der Waals surface area contributed by atoms with Crippen molar-refractivity contribution in [3.63, 3.8) is 0 Å². The lowest BCUT2D eigenvalue weighted by Crippen LogP contribution is -2.57. The zero-order chi connectivity index (χ0) is 22.6. The van der Waals surface area contributed by atoms with Crippen LogP contribution in [-0.2, 0) is 18.9 Å². The highest BCUT2D eigenvalue weighted by atomic mass is 16.6. The van der Waals surface area contributed by atoms with Crippen molar-refractivity contribution in [3.8, 4) is 0 Å². The Bertz CT molecular complexity index is 711. The Morgan fingerprint density at radius 1 is 1.32 bits per heavy atom. The molecule has 3 heterocycles. The summed E-state index contributed by atoms with van der Waals surface area (Å²) in [7, 11) is 1.68. The fourth-order valence-corrected chi connectivity index (χ4v) is 5.86. The maximum Gasteiger partial charge on any atom is 0.410 e. The van der Waals surface area contributed by atoms with Gasteiger partial charge in [-0.2, -0.15) is 0 Å². The average Bonchev–Trinajstić information content (AvgIpc) is 3.52. The number of methoxy groups -OCH3 is 1. The third-order valence-electron chi connectivity index (χ3n) is 7.63. The number of allylic oxidation sites excluding steroid dienone is 1. The van der Waals surface area contributed by atoms with E-state index >= 15 is 0 Å². The van der Waals surface area contributed by atoms with E-state index in [4.69, 9.17) is 18.9 Å². The fourth-order valence-electron chi connectivity index (χ4n) is 5.86. The van der Waals surface area contributed by atoms with Crippen LogP contribution in [0.15, 0.2) is 12.2 Å². The summed E-state index contributed by atoms with van der Waals surface area (Å²) in [5.74, 6) is 0.448. The number of hydrogen-bond donors (Lipinski definition) is 1. The summed E-state index contributed by atoms with van der Waals surface area (Å²) in [5.41, 5.74) is -1.60. The molecule has 3 aliphatic heterocycles. The number of rotatable bonds is 6. The summed E-state index contributed by atoms with van der Waals surface area (Å²) in [5, 5.41) is 10.5. The van der Waals surface area contributed by atoms with Crippen LogP contribution in [0.4, 0.5) is 4.79 Å². The van der Waals surface area contributed by atoms with Gasteiger partial charge in [0.1, 0.15) is 29.5 Å². The van der Waals surface area contributed by atoms with Gasteiger partial charge in [0.2, 0.25) is 0 Å². The van der Waals surface area contributed by atoms with Gasteiger partial charge < -0.3 is 29.0 Å². The van der Waals surface area contributed by atoms with Gasteiger partial charge in [0.25, 0.3) is 0 Å². The van der Waals surface area contributed by atoms with Crippen LogP contribution in [0.5, 0.6) is 0 Å². The summed E-state index contributed by atoms with van der Waals surface area (Å²) < 4.78 is 24.1. The zero-order valence-corrected chi connectivity index (χ0v) is 19.8. The number of epoxide rings is 2. The van der Waals surface area contributed by atoms with E-state index in [2.05, 4.69) is 32.9 Å². The minimum Gasteiger partial charge on any atom is -0.443 e. The van der Waals surface area contributed by atoms with E-state index in [9.17, 15) is 9.90 Å².